The van der Waals surface area contributed by atoms with Gasteiger partial charge in [0.05, 0.1) is 5.41 Å². The van der Waals surface area contributed by atoms with Crippen LogP contribution < -0.4 is 5.32 Å². The van der Waals surface area contributed by atoms with Crippen molar-refractivity contribution in [1.29, 1.82) is 0 Å². The summed E-state index contributed by atoms with van der Waals surface area (Å²) in [6, 6.07) is 16.8. The normalized spacial score (nSPS) is 21.9. The fourth-order valence-electron chi connectivity index (χ4n) is 3.29. The molecule has 0 aromatic heterocycles. The van der Waals surface area contributed by atoms with Crippen molar-refractivity contribution in [1.82, 2.24) is 5.32 Å². The van der Waals surface area contributed by atoms with E-state index in [2.05, 4.69) is 5.32 Å². The van der Waals surface area contributed by atoms with E-state index in [0.29, 0.717) is 12.8 Å². The van der Waals surface area contributed by atoms with Gasteiger partial charge in [-0.25, -0.2) is 4.79 Å². The minimum absolute atomic E-state index is 0.195. The van der Waals surface area contributed by atoms with Gasteiger partial charge in [0.1, 0.15) is 6.61 Å². The molecule has 1 amide bonds. The summed E-state index contributed by atoms with van der Waals surface area (Å²) in [5, 5.41) is 12.4. The zero-order valence-corrected chi connectivity index (χ0v) is 14.1. The average Bonchev–Trinajstić information content (AvgIpc) is 2.56. The number of carboxylic acids is 1. The zero-order valence-electron chi connectivity index (χ0n) is 14.1. The number of aliphatic carboxylic acids is 1. The topological polar surface area (TPSA) is 75.6 Å². The van der Waals surface area contributed by atoms with E-state index in [1.165, 1.54) is 0 Å². The minimum atomic E-state index is -0.927. The number of carboxylic acid groups (broad SMARTS) is 1. The van der Waals surface area contributed by atoms with Crippen molar-refractivity contribution in [2.45, 2.75) is 37.8 Å². The molecule has 2 aromatic rings. The molecule has 3 rings (SSSR count). The van der Waals surface area contributed by atoms with Crippen molar-refractivity contribution in [2.24, 2.45) is 0 Å². The monoisotopic (exact) mass is 339 g/mol. The molecule has 1 aliphatic carbocycles. The third kappa shape index (κ3) is 3.65. The van der Waals surface area contributed by atoms with Crippen LogP contribution in [0, 0.1) is 6.92 Å². The van der Waals surface area contributed by atoms with Gasteiger partial charge in [-0.05, 0) is 30.9 Å². The second kappa shape index (κ2) is 6.97. The molecule has 25 heavy (non-hydrogen) atoms. The van der Waals surface area contributed by atoms with Crippen LogP contribution in [-0.4, -0.2) is 23.2 Å². The minimum Gasteiger partial charge on any atom is -0.481 e. The highest BCUT2D eigenvalue weighted by molar-refractivity contribution is 5.83. The molecule has 130 valence electrons. The fourth-order valence-corrected chi connectivity index (χ4v) is 3.29. The standard InChI is InChI=1S/C20H21NO4/c1-14-6-5-9-16(10-14)20(18(22)23)11-17(12-20)21-19(24)25-13-15-7-3-2-4-8-15/h2-10,17H,11-13H2,1H3,(H,21,24)(H,22,23). The SMILES string of the molecule is Cc1cccc(C2(C(=O)O)CC(NC(=O)OCc3ccccc3)C2)c1. The van der Waals surface area contributed by atoms with Crippen molar-refractivity contribution >= 4 is 12.1 Å². The van der Waals surface area contributed by atoms with Gasteiger partial charge in [-0.2, -0.15) is 0 Å². The van der Waals surface area contributed by atoms with E-state index in [9.17, 15) is 14.7 Å². The van der Waals surface area contributed by atoms with Crippen molar-refractivity contribution in [2.75, 3.05) is 0 Å². The maximum atomic E-state index is 11.9. The van der Waals surface area contributed by atoms with Crippen molar-refractivity contribution in [3.05, 3.63) is 71.3 Å². The van der Waals surface area contributed by atoms with Gasteiger partial charge >= 0.3 is 12.1 Å². The molecule has 0 saturated heterocycles. The smallest absolute Gasteiger partial charge is 0.407 e. The molecule has 0 atom stereocenters. The van der Waals surface area contributed by atoms with E-state index >= 15 is 0 Å². The van der Waals surface area contributed by atoms with Gasteiger partial charge in [0.25, 0.3) is 0 Å². The molecule has 1 fully saturated rings. The number of rotatable bonds is 5. The maximum absolute atomic E-state index is 11.9. The van der Waals surface area contributed by atoms with Crippen LogP contribution in [0.4, 0.5) is 4.79 Å². The van der Waals surface area contributed by atoms with E-state index in [1.807, 2.05) is 61.5 Å². The molecule has 2 aromatic carbocycles. The highest BCUT2D eigenvalue weighted by atomic mass is 16.5. The summed E-state index contributed by atoms with van der Waals surface area (Å²) in [5.41, 5.74) is 1.79. The van der Waals surface area contributed by atoms with E-state index < -0.39 is 17.5 Å². The van der Waals surface area contributed by atoms with E-state index in [1.54, 1.807) is 0 Å². The number of hydrogen-bond donors (Lipinski definition) is 2. The molecule has 1 aliphatic rings. The molecule has 0 bridgehead atoms. The Hall–Kier alpha value is -2.82. The van der Waals surface area contributed by atoms with Crippen molar-refractivity contribution < 1.29 is 19.4 Å². The van der Waals surface area contributed by atoms with Crippen LogP contribution in [0.3, 0.4) is 0 Å². The number of carbonyl (C=O) groups excluding carboxylic acids is 1. The van der Waals surface area contributed by atoms with Gasteiger partial charge in [0, 0.05) is 6.04 Å². The average molecular weight is 339 g/mol. The Morgan fingerprint density at radius 1 is 1.16 bits per heavy atom. The summed E-state index contributed by atoms with van der Waals surface area (Å²) >= 11 is 0. The van der Waals surface area contributed by atoms with Gasteiger partial charge < -0.3 is 15.2 Å². The van der Waals surface area contributed by atoms with Crippen molar-refractivity contribution in [3.8, 4) is 0 Å². The number of nitrogens with one attached hydrogen (secondary N) is 1. The molecule has 2 N–H and O–H groups in total. The van der Waals surface area contributed by atoms with Crippen LogP contribution in [0.2, 0.25) is 0 Å². The molecular formula is C20H21NO4. The Labute approximate surface area is 146 Å². The molecule has 5 heteroatoms. The third-order valence-electron chi connectivity index (χ3n) is 4.70. The third-order valence-corrected chi connectivity index (χ3v) is 4.70. The fraction of sp³-hybridized carbons (Fsp3) is 0.300. The van der Waals surface area contributed by atoms with Crippen LogP contribution in [0.15, 0.2) is 54.6 Å². The number of amides is 1. The number of ether oxygens (including phenoxy) is 1. The van der Waals surface area contributed by atoms with E-state index in [-0.39, 0.29) is 12.6 Å². The molecule has 0 spiro atoms. The Balaban J connectivity index is 1.56. The number of benzene rings is 2. The second-order valence-corrected chi connectivity index (χ2v) is 6.57. The lowest BCUT2D eigenvalue weighted by atomic mass is 9.61. The number of carbonyl (C=O) groups is 2. The first-order valence-corrected chi connectivity index (χ1v) is 8.27. The Bertz CT molecular complexity index is 766. The molecule has 5 nitrogen and oxygen atoms in total. The molecule has 0 radical (unpaired) electrons. The summed E-state index contributed by atoms with van der Waals surface area (Å²) in [5.74, 6) is -0.853. The van der Waals surface area contributed by atoms with Crippen LogP contribution in [0.25, 0.3) is 0 Å². The van der Waals surface area contributed by atoms with Gasteiger partial charge in [-0.1, -0.05) is 60.2 Å². The maximum Gasteiger partial charge on any atom is 0.407 e. The summed E-state index contributed by atoms with van der Waals surface area (Å²) in [6.07, 6.45) is 0.218. The van der Waals surface area contributed by atoms with Crippen LogP contribution in [0.5, 0.6) is 0 Å². The van der Waals surface area contributed by atoms with Crippen LogP contribution >= 0.6 is 0 Å². The highest BCUT2D eigenvalue weighted by Gasteiger charge is 2.52. The quantitative estimate of drug-likeness (QED) is 0.875. The molecule has 0 heterocycles. The summed E-state index contributed by atoms with van der Waals surface area (Å²) < 4.78 is 5.19. The molecule has 1 saturated carbocycles. The largest absolute Gasteiger partial charge is 0.481 e. The van der Waals surface area contributed by atoms with Crippen LogP contribution in [-0.2, 0) is 21.6 Å². The summed E-state index contributed by atoms with van der Waals surface area (Å²) in [4.78, 5) is 23.7. The predicted octanol–water partition coefficient (Wildman–Crippen LogP) is 3.41. The zero-order chi connectivity index (χ0) is 17.9. The summed E-state index contributed by atoms with van der Waals surface area (Å²) in [6.45, 7) is 2.13. The molecule has 0 aliphatic heterocycles. The number of hydrogen-bond acceptors (Lipinski definition) is 3. The summed E-state index contributed by atoms with van der Waals surface area (Å²) in [7, 11) is 0. The lowest BCUT2D eigenvalue weighted by Crippen LogP contribution is -2.57. The number of aryl methyl sites for hydroxylation is 1. The Kier molecular flexibility index (Phi) is 4.74. The van der Waals surface area contributed by atoms with Gasteiger partial charge in [-0.15, -0.1) is 0 Å². The van der Waals surface area contributed by atoms with Crippen LogP contribution in [0.1, 0.15) is 29.5 Å². The second-order valence-electron chi connectivity index (χ2n) is 6.57. The molecule has 0 unspecified atom stereocenters. The van der Waals surface area contributed by atoms with Gasteiger partial charge in [0.15, 0.2) is 0 Å². The predicted molar refractivity (Wildman–Crippen MR) is 93.3 cm³/mol. The van der Waals surface area contributed by atoms with Crippen molar-refractivity contribution in [3.63, 3.8) is 0 Å². The lowest BCUT2D eigenvalue weighted by Gasteiger charge is -2.44. The van der Waals surface area contributed by atoms with E-state index in [0.717, 1.165) is 16.7 Å². The highest BCUT2D eigenvalue weighted by Crippen LogP contribution is 2.44. The lowest BCUT2D eigenvalue weighted by molar-refractivity contribution is -0.148. The first-order valence-electron chi connectivity index (χ1n) is 8.27. The first-order chi connectivity index (χ1) is 12.0. The first kappa shape index (κ1) is 17.0. The molecular weight excluding hydrogens is 318 g/mol. The Morgan fingerprint density at radius 2 is 1.88 bits per heavy atom. The van der Waals surface area contributed by atoms with Gasteiger partial charge in [-0.3, -0.25) is 4.79 Å². The number of alkyl carbamates (subject to hydrolysis) is 1. The van der Waals surface area contributed by atoms with Gasteiger partial charge in [0.2, 0.25) is 0 Å². The Morgan fingerprint density at radius 3 is 2.52 bits per heavy atom. The van der Waals surface area contributed by atoms with E-state index in [4.69, 9.17) is 4.74 Å².